The number of rotatable bonds is 5. The second kappa shape index (κ2) is 5.45. The molecule has 1 N–H and O–H groups in total. The molecule has 0 fully saturated rings. The highest BCUT2D eigenvalue weighted by atomic mass is 16.5. The Hall–Kier alpha value is -1.88. The van der Waals surface area contributed by atoms with E-state index < -0.39 is 0 Å². The van der Waals surface area contributed by atoms with Gasteiger partial charge in [-0.15, -0.1) is 5.10 Å². The first-order valence-electron chi connectivity index (χ1n) is 5.49. The summed E-state index contributed by atoms with van der Waals surface area (Å²) in [5.74, 6) is 0.792. The topological polar surface area (TPSA) is 60.2 Å². The monoisotopic (exact) mass is 233 g/mol. The Morgan fingerprint density at radius 1 is 1.35 bits per heavy atom. The third-order valence-corrected chi connectivity index (χ3v) is 2.53. The van der Waals surface area contributed by atoms with E-state index in [1.165, 1.54) is 0 Å². The molecule has 0 spiro atoms. The molecular weight excluding hydrogens is 218 g/mol. The van der Waals surface area contributed by atoms with Crippen LogP contribution in [-0.4, -0.2) is 33.8 Å². The van der Waals surface area contributed by atoms with Crippen LogP contribution in [-0.2, 0) is 6.54 Å². The average molecular weight is 233 g/mol. The van der Waals surface area contributed by atoms with E-state index >= 15 is 0 Å². The number of hydrogen-bond acceptors (Lipinski definition) is 4. The van der Waals surface area contributed by atoms with E-state index in [1.807, 2.05) is 24.3 Å². The average Bonchev–Trinajstić information content (AvgIpc) is 2.84. The number of nitrogens with zero attached hydrogens (tertiary/aromatic N) is 3. The molecule has 2 aromatic rings. The quantitative estimate of drug-likeness (QED) is 0.846. The molecule has 0 atom stereocenters. The summed E-state index contributed by atoms with van der Waals surface area (Å²) in [6.45, 7) is 0.787. The van der Waals surface area contributed by atoms with Crippen molar-refractivity contribution in [2.75, 3.05) is 13.7 Å². The Balaban J connectivity index is 2.35. The van der Waals surface area contributed by atoms with Gasteiger partial charge in [0.1, 0.15) is 5.75 Å². The molecular formula is C12H15N3O2. The summed E-state index contributed by atoms with van der Waals surface area (Å²) in [4.78, 5) is 0. The maximum Gasteiger partial charge on any atom is 0.128 e. The SMILES string of the molecule is COc1ccccc1-c1cnnn1CCCO. The molecule has 0 unspecified atom stereocenters. The molecule has 1 aromatic carbocycles. The van der Waals surface area contributed by atoms with Gasteiger partial charge in [0.25, 0.3) is 0 Å². The smallest absolute Gasteiger partial charge is 0.128 e. The molecule has 0 amide bonds. The Labute approximate surface area is 99.7 Å². The highest BCUT2D eigenvalue weighted by Gasteiger charge is 2.10. The molecule has 0 saturated carbocycles. The summed E-state index contributed by atoms with van der Waals surface area (Å²) < 4.78 is 7.08. The number of aryl methyl sites for hydroxylation is 1. The van der Waals surface area contributed by atoms with Crippen molar-refractivity contribution in [2.45, 2.75) is 13.0 Å². The van der Waals surface area contributed by atoms with Crippen molar-refractivity contribution in [2.24, 2.45) is 0 Å². The summed E-state index contributed by atoms with van der Waals surface area (Å²) in [5, 5.41) is 16.7. The summed E-state index contributed by atoms with van der Waals surface area (Å²) in [6.07, 6.45) is 2.36. The molecule has 0 aliphatic rings. The van der Waals surface area contributed by atoms with Gasteiger partial charge in [0.05, 0.1) is 19.0 Å². The standard InChI is InChI=1S/C12H15N3O2/c1-17-12-6-3-2-5-10(12)11-9-13-14-15(11)7-4-8-16/h2-3,5-6,9,16H,4,7-8H2,1H3. The van der Waals surface area contributed by atoms with Gasteiger partial charge in [0.2, 0.25) is 0 Å². The van der Waals surface area contributed by atoms with E-state index in [-0.39, 0.29) is 6.61 Å². The molecule has 1 heterocycles. The molecule has 0 aliphatic carbocycles. The van der Waals surface area contributed by atoms with Crippen LogP contribution in [0.4, 0.5) is 0 Å². The molecule has 5 heteroatoms. The molecule has 0 aliphatic heterocycles. The molecule has 1 aromatic heterocycles. The van der Waals surface area contributed by atoms with E-state index in [2.05, 4.69) is 10.3 Å². The number of hydrogen-bond donors (Lipinski definition) is 1. The number of aliphatic hydroxyl groups excluding tert-OH is 1. The van der Waals surface area contributed by atoms with Crippen molar-refractivity contribution in [3.63, 3.8) is 0 Å². The van der Waals surface area contributed by atoms with Crippen LogP contribution in [0.5, 0.6) is 5.75 Å². The second-order valence-corrected chi connectivity index (χ2v) is 3.62. The van der Waals surface area contributed by atoms with Crippen LogP contribution in [0.25, 0.3) is 11.3 Å². The van der Waals surface area contributed by atoms with Crippen LogP contribution in [0.2, 0.25) is 0 Å². The van der Waals surface area contributed by atoms with Gasteiger partial charge >= 0.3 is 0 Å². The molecule has 2 rings (SSSR count). The Kier molecular flexibility index (Phi) is 3.72. The van der Waals surface area contributed by atoms with Crippen molar-refractivity contribution >= 4 is 0 Å². The zero-order valence-corrected chi connectivity index (χ0v) is 9.71. The fourth-order valence-corrected chi connectivity index (χ4v) is 1.71. The van der Waals surface area contributed by atoms with E-state index in [9.17, 15) is 0 Å². The van der Waals surface area contributed by atoms with Crippen LogP contribution in [0, 0.1) is 0 Å². The first-order chi connectivity index (χ1) is 8.36. The summed E-state index contributed by atoms with van der Waals surface area (Å²) >= 11 is 0. The van der Waals surface area contributed by atoms with Gasteiger partial charge in [-0.1, -0.05) is 17.3 Å². The highest BCUT2D eigenvalue weighted by Crippen LogP contribution is 2.28. The molecule has 90 valence electrons. The van der Waals surface area contributed by atoms with E-state index in [4.69, 9.17) is 9.84 Å². The number of methoxy groups -OCH3 is 1. The number of aliphatic hydroxyl groups is 1. The van der Waals surface area contributed by atoms with E-state index in [0.717, 1.165) is 17.0 Å². The maximum absolute atomic E-state index is 8.84. The molecule has 17 heavy (non-hydrogen) atoms. The zero-order valence-electron chi connectivity index (χ0n) is 9.71. The lowest BCUT2D eigenvalue weighted by Gasteiger charge is -2.09. The molecule has 0 saturated heterocycles. The minimum absolute atomic E-state index is 0.144. The molecule has 5 nitrogen and oxygen atoms in total. The Morgan fingerprint density at radius 3 is 2.94 bits per heavy atom. The maximum atomic E-state index is 8.84. The van der Waals surface area contributed by atoms with Crippen LogP contribution < -0.4 is 4.74 Å². The normalized spacial score (nSPS) is 10.5. The molecule has 0 bridgehead atoms. The Morgan fingerprint density at radius 2 is 2.18 bits per heavy atom. The molecule has 0 radical (unpaired) electrons. The fraction of sp³-hybridized carbons (Fsp3) is 0.333. The van der Waals surface area contributed by atoms with Crippen LogP contribution in [0.1, 0.15) is 6.42 Å². The minimum atomic E-state index is 0.144. The van der Waals surface area contributed by atoms with Gasteiger partial charge in [-0.2, -0.15) is 0 Å². The third kappa shape index (κ3) is 2.45. The second-order valence-electron chi connectivity index (χ2n) is 3.62. The summed E-state index contributed by atoms with van der Waals surface area (Å²) in [5.41, 5.74) is 1.86. The van der Waals surface area contributed by atoms with Crippen LogP contribution in [0.15, 0.2) is 30.5 Å². The van der Waals surface area contributed by atoms with Gasteiger partial charge in [0, 0.05) is 18.7 Å². The highest BCUT2D eigenvalue weighted by molar-refractivity contribution is 5.66. The van der Waals surface area contributed by atoms with Crippen molar-refractivity contribution in [3.05, 3.63) is 30.5 Å². The van der Waals surface area contributed by atoms with Crippen molar-refractivity contribution in [1.29, 1.82) is 0 Å². The lowest BCUT2D eigenvalue weighted by molar-refractivity contribution is 0.276. The number of para-hydroxylation sites is 1. The van der Waals surface area contributed by atoms with Crippen molar-refractivity contribution in [3.8, 4) is 17.0 Å². The number of benzene rings is 1. The fourth-order valence-electron chi connectivity index (χ4n) is 1.71. The van der Waals surface area contributed by atoms with Gasteiger partial charge < -0.3 is 9.84 Å². The minimum Gasteiger partial charge on any atom is -0.496 e. The van der Waals surface area contributed by atoms with E-state index in [0.29, 0.717) is 13.0 Å². The van der Waals surface area contributed by atoms with Gasteiger partial charge in [-0.05, 0) is 18.6 Å². The summed E-state index contributed by atoms with van der Waals surface area (Å²) in [6, 6.07) is 7.73. The first kappa shape index (κ1) is 11.6. The zero-order chi connectivity index (χ0) is 12.1. The van der Waals surface area contributed by atoms with Crippen LogP contribution >= 0.6 is 0 Å². The van der Waals surface area contributed by atoms with Crippen molar-refractivity contribution in [1.82, 2.24) is 15.0 Å². The van der Waals surface area contributed by atoms with Gasteiger partial charge in [0.15, 0.2) is 0 Å². The Bertz CT molecular complexity index is 482. The summed E-state index contributed by atoms with van der Waals surface area (Å²) in [7, 11) is 1.64. The predicted octanol–water partition coefficient (Wildman–Crippen LogP) is 1.34. The van der Waals surface area contributed by atoms with Crippen molar-refractivity contribution < 1.29 is 9.84 Å². The largest absolute Gasteiger partial charge is 0.496 e. The first-order valence-corrected chi connectivity index (χ1v) is 5.49. The lowest BCUT2D eigenvalue weighted by Crippen LogP contribution is -2.04. The third-order valence-electron chi connectivity index (χ3n) is 2.53. The predicted molar refractivity (Wildman–Crippen MR) is 63.7 cm³/mol. The number of ether oxygens (including phenoxy) is 1. The van der Waals surface area contributed by atoms with Gasteiger partial charge in [-0.25, -0.2) is 4.68 Å². The number of aromatic nitrogens is 3. The van der Waals surface area contributed by atoms with Crippen LogP contribution in [0.3, 0.4) is 0 Å². The van der Waals surface area contributed by atoms with E-state index in [1.54, 1.807) is 18.0 Å². The van der Waals surface area contributed by atoms with Gasteiger partial charge in [-0.3, -0.25) is 0 Å². The lowest BCUT2D eigenvalue weighted by atomic mass is 10.1.